The Morgan fingerprint density at radius 1 is 0.972 bits per heavy atom. The van der Waals surface area contributed by atoms with E-state index < -0.39 is 0 Å². The summed E-state index contributed by atoms with van der Waals surface area (Å²) in [7, 11) is 0. The normalized spacial score (nSPS) is 20.3. The van der Waals surface area contributed by atoms with Crippen molar-refractivity contribution in [2.24, 2.45) is 0 Å². The Kier molecular flexibility index (Phi) is 7.79. The molecule has 2 aliphatic heterocycles. The van der Waals surface area contributed by atoms with Crippen LogP contribution in [-0.2, 0) is 16.0 Å². The van der Waals surface area contributed by atoms with E-state index in [9.17, 15) is 9.59 Å². The Morgan fingerprint density at radius 3 is 2.50 bits per heavy atom. The minimum atomic E-state index is 0.0179. The van der Waals surface area contributed by atoms with Crippen LogP contribution in [0.15, 0.2) is 70.9 Å². The van der Waals surface area contributed by atoms with Crippen molar-refractivity contribution in [1.29, 1.82) is 0 Å². The van der Waals surface area contributed by atoms with E-state index in [2.05, 4.69) is 54.5 Å². The number of benzene rings is 2. The van der Waals surface area contributed by atoms with E-state index in [0.717, 1.165) is 17.9 Å². The third kappa shape index (κ3) is 5.53. The van der Waals surface area contributed by atoms with Crippen LogP contribution < -0.4 is 0 Å². The fraction of sp³-hybridized carbons (Fsp3) is 0.379. The topological polar surface area (TPSA) is 43.9 Å². The minimum absolute atomic E-state index is 0.0179. The third-order valence-corrected chi connectivity index (χ3v) is 9.20. The van der Waals surface area contributed by atoms with Crippen molar-refractivity contribution in [3.63, 3.8) is 0 Å². The van der Waals surface area contributed by atoms with Crippen molar-refractivity contribution >= 4 is 34.9 Å². The molecule has 1 fully saturated rings. The largest absolute Gasteiger partial charge is 0.338 e. The molecule has 7 heteroatoms. The molecule has 2 amide bonds. The van der Waals surface area contributed by atoms with Gasteiger partial charge in [0.05, 0.1) is 18.3 Å². The Bertz CT molecular complexity index is 1190. The summed E-state index contributed by atoms with van der Waals surface area (Å²) in [5, 5.41) is 2.17. The first kappa shape index (κ1) is 25.1. The number of nitrogens with zero attached hydrogens (tertiary/aromatic N) is 3. The van der Waals surface area contributed by atoms with Gasteiger partial charge >= 0.3 is 0 Å². The zero-order valence-electron chi connectivity index (χ0n) is 20.9. The number of rotatable bonds is 6. The number of piperazine rings is 1. The highest BCUT2D eigenvalue weighted by Gasteiger charge is 2.34. The lowest BCUT2D eigenvalue weighted by atomic mass is 9.92. The van der Waals surface area contributed by atoms with Crippen molar-refractivity contribution in [1.82, 2.24) is 14.7 Å². The lowest BCUT2D eigenvalue weighted by Crippen LogP contribution is -2.57. The number of fused-ring (bicyclic) bond motifs is 1. The summed E-state index contributed by atoms with van der Waals surface area (Å²) < 4.78 is 0. The Labute approximate surface area is 222 Å². The van der Waals surface area contributed by atoms with E-state index >= 15 is 0 Å². The number of hydrogen-bond donors (Lipinski definition) is 0. The standard InChI is InChI=1S/C29H33N3O2S2/c1-21-8-10-23(11-9-21)29-25-13-17-35-26(25)12-14-31(29)19-27(33)30-15-16-32(22(2)18-30)28(34)20-36-24-6-4-3-5-7-24/h3-11,13,17,22,29H,12,14-16,18-20H2,1-2H3. The highest BCUT2D eigenvalue weighted by atomic mass is 32.2. The van der Waals surface area contributed by atoms with Crippen LogP contribution >= 0.6 is 23.1 Å². The molecule has 3 aromatic rings. The predicted octanol–water partition coefficient (Wildman–Crippen LogP) is 4.86. The molecule has 3 heterocycles. The SMILES string of the molecule is Cc1ccc(C2c3ccsc3CCN2CC(=O)N2CCN(C(=O)CSc3ccccc3)C(C)C2)cc1. The zero-order valence-corrected chi connectivity index (χ0v) is 22.6. The molecule has 188 valence electrons. The van der Waals surface area contributed by atoms with E-state index in [1.54, 1.807) is 11.8 Å². The molecule has 1 saturated heterocycles. The van der Waals surface area contributed by atoms with Gasteiger partial charge in [0.15, 0.2) is 0 Å². The molecular weight excluding hydrogens is 486 g/mol. The van der Waals surface area contributed by atoms with Gasteiger partial charge in [-0.25, -0.2) is 0 Å². The van der Waals surface area contributed by atoms with Gasteiger partial charge in [0.1, 0.15) is 0 Å². The first-order chi connectivity index (χ1) is 17.5. The minimum Gasteiger partial charge on any atom is -0.338 e. The maximum Gasteiger partial charge on any atom is 0.236 e. The van der Waals surface area contributed by atoms with Gasteiger partial charge in [0.2, 0.25) is 11.8 Å². The summed E-state index contributed by atoms with van der Waals surface area (Å²) in [6, 6.07) is 21.1. The summed E-state index contributed by atoms with van der Waals surface area (Å²) >= 11 is 3.39. The molecule has 0 radical (unpaired) electrons. The van der Waals surface area contributed by atoms with E-state index in [4.69, 9.17) is 0 Å². The van der Waals surface area contributed by atoms with Gasteiger partial charge in [-0.3, -0.25) is 14.5 Å². The maximum absolute atomic E-state index is 13.5. The van der Waals surface area contributed by atoms with Gasteiger partial charge in [0.25, 0.3) is 0 Å². The fourth-order valence-corrected chi connectivity index (χ4v) is 6.96. The summed E-state index contributed by atoms with van der Waals surface area (Å²) in [6.45, 7) is 7.22. The number of carbonyl (C=O) groups excluding carboxylic acids is 2. The van der Waals surface area contributed by atoms with Crippen LogP contribution in [0.3, 0.4) is 0 Å². The first-order valence-corrected chi connectivity index (χ1v) is 14.5. The summed E-state index contributed by atoms with van der Waals surface area (Å²) in [5.74, 6) is 0.726. The molecule has 0 aliphatic carbocycles. The highest BCUT2D eigenvalue weighted by molar-refractivity contribution is 8.00. The molecule has 5 rings (SSSR count). The van der Waals surface area contributed by atoms with Gasteiger partial charge in [-0.1, -0.05) is 48.0 Å². The zero-order chi connectivity index (χ0) is 25.1. The Morgan fingerprint density at radius 2 is 1.75 bits per heavy atom. The second kappa shape index (κ2) is 11.2. The van der Waals surface area contributed by atoms with Crippen LogP contribution in [0, 0.1) is 6.92 Å². The van der Waals surface area contributed by atoms with Crippen molar-refractivity contribution in [2.75, 3.05) is 38.5 Å². The van der Waals surface area contributed by atoms with E-state index in [1.807, 2.05) is 51.5 Å². The quantitative estimate of drug-likeness (QED) is 0.437. The fourth-order valence-electron chi connectivity index (χ4n) is 5.25. The smallest absolute Gasteiger partial charge is 0.236 e. The molecule has 2 aliphatic rings. The molecule has 0 bridgehead atoms. The van der Waals surface area contributed by atoms with Crippen LogP contribution in [0.2, 0.25) is 0 Å². The van der Waals surface area contributed by atoms with Crippen LogP contribution in [0.4, 0.5) is 0 Å². The molecule has 1 aromatic heterocycles. The predicted molar refractivity (Wildman–Crippen MR) is 148 cm³/mol. The lowest BCUT2D eigenvalue weighted by Gasteiger charge is -2.42. The number of thioether (sulfide) groups is 1. The number of thiophene rings is 1. The maximum atomic E-state index is 13.5. The van der Waals surface area contributed by atoms with Crippen molar-refractivity contribution in [3.05, 3.63) is 87.6 Å². The van der Waals surface area contributed by atoms with Gasteiger partial charge in [-0.2, -0.15) is 0 Å². The van der Waals surface area contributed by atoms with E-state index in [1.165, 1.54) is 21.6 Å². The first-order valence-electron chi connectivity index (χ1n) is 12.6. The monoisotopic (exact) mass is 519 g/mol. The molecule has 2 atom stereocenters. The third-order valence-electron chi connectivity index (χ3n) is 7.20. The molecule has 0 spiro atoms. The molecule has 0 saturated carbocycles. The van der Waals surface area contributed by atoms with Crippen molar-refractivity contribution in [3.8, 4) is 0 Å². The second-order valence-electron chi connectivity index (χ2n) is 9.71. The van der Waals surface area contributed by atoms with Crippen LogP contribution in [0.1, 0.15) is 34.5 Å². The molecule has 2 unspecified atom stereocenters. The summed E-state index contributed by atoms with van der Waals surface area (Å²) in [5.41, 5.74) is 3.82. The van der Waals surface area contributed by atoms with Gasteiger partial charge < -0.3 is 9.80 Å². The molecule has 2 aromatic carbocycles. The Balaban J connectivity index is 1.21. The number of carbonyl (C=O) groups is 2. The van der Waals surface area contributed by atoms with Crippen molar-refractivity contribution in [2.45, 2.75) is 37.2 Å². The number of amides is 2. The van der Waals surface area contributed by atoms with E-state index in [0.29, 0.717) is 31.9 Å². The Hall–Kier alpha value is -2.61. The average molecular weight is 520 g/mol. The molecule has 36 heavy (non-hydrogen) atoms. The van der Waals surface area contributed by atoms with Crippen LogP contribution in [0.25, 0.3) is 0 Å². The summed E-state index contributed by atoms with van der Waals surface area (Å²) in [6.07, 6.45) is 0.987. The van der Waals surface area contributed by atoms with Crippen LogP contribution in [-0.4, -0.2) is 71.0 Å². The number of aryl methyl sites for hydroxylation is 1. The highest BCUT2D eigenvalue weighted by Crippen LogP contribution is 2.37. The average Bonchev–Trinajstić information content (AvgIpc) is 3.37. The number of hydrogen-bond acceptors (Lipinski definition) is 5. The second-order valence-corrected chi connectivity index (χ2v) is 11.8. The molecular formula is C29H33N3O2S2. The van der Waals surface area contributed by atoms with E-state index in [-0.39, 0.29) is 23.9 Å². The lowest BCUT2D eigenvalue weighted by molar-refractivity contribution is -0.142. The van der Waals surface area contributed by atoms with Gasteiger partial charge in [-0.15, -0.1) is 23.1 Å². The molecule has 0 N–H and O–H groups in total. The summed E-state index contributed by atoms with van der Waals surface area (Å²) in [4.78, 5) is 35.1. The van der Waals surface area contributed by atoms with Gasteiger partial charge in [0, 0.05) is 42.0 Å². The van der Waals surface area contributed by atoms with Crippen molar-refractivity contribution < 1.29 is 9.59 Å². The van der Waals surface area contributed by atoms with Crippen LogP contribution in [0.5, 0.6) is 0 Å². The van der Waals surface area contributed by atoms with Gasteiger partial charge in [-0.05, 0) is 55.0 Å². The molecule has 5 nitrogen and oxygen atoms in total.